The van der Waals surface area contributed by atoms with Crippen LogP contribution < -0.4 is 5.32 Å². The minimum atomic E-state index is -0.653. The first kappa shape index (κ1) is 16.2. The van der Waals surface area contributed by atoms with E-state index < -0.39 is 10.8 Å². The maximum atomic E-state index is 12.6. The van der Waals surface area contributed by atoms with Crippen LogP contribution in [0.5, 0.6) is 0 Å². The smallest absolute Gasteiger partial charge is 0.0503 e. The van der Waals surface area contributed by atoms with Gasteiger partial charge in [-0.3, -0.25) is 4.21 Å². The Labute approximate surface area is 116 Å². The van der Waals surface area contributed by atoms with Crippen LogP contribution in [0.15, 0.2) is 0 Å². The number of hydrogen-bond acceptors (Lipinski definition) is 2. The zero-order chi connectivity index (χ0) is 13.5. The molecule has 0 saturated heterocycles. The van der Waals surface area contributed by atoms with Gasteiger partial charge in [0.2, 0.25) is 0 Å². The second kappa shape index (κ2) is 8.31. The summed E-state index contributed by atoms with van der Waals surface area (Å²) < 4.78 is 12.6. The molecule has 1 rings (SSSR count). The van der Waals surface area contributed by atoms with E-state index in [1.807, 2.05) is 7.05 Å². The van der Waals surface area contributed by atoms with Gasteiger partial charge in [-0.15, -0.1) is 0 Å². The van der Waals surface area contributed by atoms with E-state index in [4.69, 9.17) is 0 Å². The Kier molecular flexibility index (Phi) is 7.47. The molecule has 3 heteroatoms. The summed E-state index contributed by atoms with van der Waals surface area (Å²) in [7, 11) is 1.37. The molecule has 5 unspecified atom stereocenters. The summed E-state index contributed by atoms with van der Waals surface area (Å²) in [4.78, 5) is 0. The van der Waals surface area contributed by atoms with Gasteiger partial charge in [0.1, 0.15) is 0 Å². The highest BCUT2D eigenvalue weighted by Crippen LogP contribution is 2.31. The average Bonchev–Trinajstić information content (AvgIpc) is 2.38. The van der Waals surface area contributed by atoms with Crippen LogP contribution in [0.2, 0.25) is 0 Å². The standard InChI is InChI=1S/C15H31NOS/c1-5-7-13-8-9-14(16-4)15(10-13)18(17)11-12(3)6-2/h12-16H,5-11H2,1-4H3. The van der Waals surface area contributed by atoms with E-state index in [9.17, 15) is 4.21 Å². The maximum Gasteiger partial charge on any atom is 0.0503 e. The zero-order valence-corrected chi connectivity index (χ0v) is 13.4. The third kappa shape index (κ3) is 4.65. The van der Waals surface area contributed by atoms with Crippen molar-refractivity contribution in [2.24, 2.45) is 11.8 Å². The quantitative estimate of drug-likeness (QED) is 0.771. The van der Waals surface area contributed by atoms with Crippen LogP contribution >= 0.6 is 0 Å². The van der Waals surface area contributed by atoms with Crippen molar-refractivity contribution in [1.29, 1.82) is 0 Å². The van der Waals surface area contributed by atoms with Gasteiger partial charge in [-0.25, -0.2) is 0 Å². The van der Waals surface area contributed by atoms with E-state index in [2.05, 4.69) is 26.1 Å². The molecule has 1 fully saturated rings. The van der Waals surface area contributed by atoms with Gasteiger partial charge in [-0.1, -0.05) is 40.0 Å². The molecule has 0 amide bonds. The summed E-state index contributed by atoms with van der Waals surface area (Å²) in [6, 6.07) is 0.475. The Hall–Kier alpha value is 0.110. The lowest BCUT2D eigenvalue weighted by molar-refractivity contribution is 0.292. The minimum absolute atomic E-state index is 0.384. The van der Waals surface area contributed by atoms with Crippen molar-refractivity contribution in [3.05, 3.63) is 0 Å². The molecule has 0 aromatic heterocycles. The van der Waals surface area contributed by atoms with E-state index in [1.54, 1.807) is 0 Å². The topological polar surface area (TPSA) is 29.1 Å². The van der Waals surface area contributed by atoms with Crippen molar-refractivity contribution in [2.45, 2.75) is 70.6 Å². The summed E-state index contributed by atoms with van der Waals surface area (Å²) in [5, 5.41) is 3.78. The van der Waals surface area contributed by atoms with E-state index in [0.29, 0.717) is 17.2 Å². The van der Waals surface area contributed by atoms with Gasteiger partial charge in [-0.2, -0.15) is 0 Å². The van der Waals surface area contributed by atoms with Crippen molar-refractivity contribution < 1.29 is 4.21 Å². The van der Waals surface area contributed by atoms with Gasteiger partial charge in [-0.05, 0) is 38.1 Å². The fourth-order valence-electron chi connectivity index (χ4n) is 3.02. The molecule has 1 N–H and O–H groups in total. The molecule has 0 aliphatic heterocycles. The van der Waals surface area contributed by atoms with E-state index in [0.717, 1.165) is 18.1 Å². The second-order valence-corrected chi connectivity index (χ2v) is 7.66. The second-order valence-electron chi connectivity index (χ2n) is 5.96. The lowest BCUT2D eigenvalue weighted by atomic mass is 9.83. The molecule has 0 aromatic carbocycles. The molecular formula is C15H31NOS. The summed E-state index contributed by atoms with van der Waals surface area (Å²) in [5.74, 6) is 2.29. The zero-order valence-electron chi connectivity index (χ0n) is 12.6. The molecule has 18 heavy (non-hydrogen) atoms. The van der Waals surface area contributed by atoms with Gasteiger partial charge in [0, 0.05) is 22.6 Å². The largest absolute Gasteiger partial charge is 0.316 e. The first-order chi connectivity index (χ1) is 8.62. The molecule has 108 valence electrons. The van der Waals surface area contributed by atoms with Crippen LogP contribution in [0.3, 0.4) is 0 Å². The van der Waals surface area contributed by atoms with Crippen LogP contribution in [0.4, 0.5) is 0 Å². The van der Waals surface area contributed by atoms with Crippen LogP contribution in [0.1, 0.15) is 59.3 Å². The summed E-state index contributed by atoms with van der Waals surface area (Å²) in [6.45, 7) is 6.67. The van der Waals surface area contributed by atoms with Crippen molar-refractivity contribution >= 4 is 10.8 Å². The Bertz CT molecular complexity index is 257. The third-order valence-electron chi connectivity index (χ3n) is 4.45. The van der Waals surface area contributed by atoms with E-state index in [1.165, 1.54) is 32.1 Å². The highest BCUT2D eigenvalue weighted by Gasteiger charge is 2.33. The molecule has 1 aliphatic rings. The number of hydrogen-bond donors (Lipinski definition) is 1. The van der Waals surface area contributed by atoms with Crippen LogP contribution in [-0.4, -0.2) is 28.3 Å². The van der Waals surface area contributed by atoms with Gasteiger partial charge < -0.3 is 5.32 Å². The predicted molar refractivity (Wildman–Crippen MR) is 81.3 cm³/mol. The third-order valence-corrected chi connectivity index (χ3v) is 6.55. The van der Waals surface area contributed by atoms with Crippen LogP contribution in [0, 0.1) is 11.8 Å². The Morgan fingerprint density at radius 3 is 2.61 bits per heavy atom. The Balaban J connectivity index is 2.58. The van der Waals surface area contributed by atoms with E-state index in [-0.39, 0.29) is 0 Å². The van der Waals surface area contributed by atoms with Gasteiger partial charge in [0.05, 0.1) is 5.25 Å². The minimum Gasteiger partial charge on any atom is -0.316 e. The molecule has 0 spiro atoms. The molecule has 0 aromatic rings. The molecule has 0 heterocycles. The highest BCUT2D eigenvalue weighted by atomic mass is 32.2. The van der Waals surface area contributed by atoms with Crippen molar-refractivity contribution in [1.82, 2.24) is 5.32 Å². The summed E-state index contributed by atoms with van der Waals surface area (Å²) in [6.07, 6.45) is 7.41. The first-order valence-corrected chi connectivity index (χ1v) is 9.04. The predicted octanol–water partition coefficient (Wildman–Crippen LogP) is 3.34. The van der Waals surface area contributed by atoms with E-state index >= 15 is 0 Å². The average molecular weight is 273 g/mol. The van der Waals surface area contributed by atoms with Crippen molar-refractivity contribution in [3.63, 3.8) is 0 Å². The maximum absolute atomic E-state index is 12.6. The van der Waals surface area contributed by atoms with Crippen LogP contribution in [-0.2, 0) is 10.8 Å². The molecule has 1 aliphatic carbocycles. The molecule has 0 radical (unpaired) electrons. The highest BCUT2D eigenvalue weighted by molar-refractivity contribution is 7.85. The molecule has 0 bridgehead atoms. The van der Waals surface area contributed by atoms with Gasteiger partial charge >= 0.3 is 0 Å². The Morgan fingerprint density at radius 2 is 2.06 bits per heavy atom. The fraction of sp³-hybridized carbons (Fsp3) is 1.00. The lowest BCUT2D eigenvalue weighted by Crippen LogP contribution is -2.45. The molecule has 2 nitrogen and oxygen atoms in total. The first-order valence-electron chi connectivity index (χ1n) is 7.66. The summed E-state index contributed by atoms with van der Waals surface area (Å²) in [5.41, 5.74) is 0. The summed E-state index contributed by atoms with van der Waals surface area (Å²) >= 11 is 0. The SMILES string of the molecule is CCCC1CCC(NC)C(S(=O)CC(C)CC)C1. The number of rotatable bonds is 7. The van der Waals surface area contributed by atoms with Crippen LogP contribution in [0.25, 0.3) is 0 Å². The van der Waals surface area contributed by atoms with Crippen molar-refractivity contribution in [3.8, 4) is 0 Å². The molecule has 1 saturated carbocycles. The van der Waals surface area contributed by atoms with Gasteiger partial charge in [0.25, 0.3) is 0 Å². The van der Waals surface area contributed by atoms with Crippen molar-refractivity contribution in [2.75, 3.05) is 12.8 Å². The van der Waals surface area contributed by atoms with Gasteiger partial charge in [0.15, 0.2) is 0 Å². The Morgan fingerprint density at radius 1 is 1.33 bits per heavy atom. The molecule has 5 atom stereocenters. The fourth-order valence-corrected chi connectivity index (χ4v) is 5.19. The molecular weight excluding hydrogens is 242 g/mol. The number of nitrogens with one attached hydrogen (secondary N) is 1. The monoisotopic (exact) mass is 273 g/mol. The normalized spacial score (nSPS) is 32.1. The lowest BCUT2D eigenvalue weighted by Gasteiger charge is -2.36.